The Labute approximate surface area is 137 Å². The van der Waals surface area contributed by atoms with Crippen LogP contribution in [0.1, 0.15) is 48.4 Å². The quantitative estimate of drug-likeness (QED) is 0.613. The summed E-state index contributed by atoms with van der Waals surface area (Å²) in [6.07, 6.45) is 0. The number of hydrogen-bond donors (Lipinski definition) is 2. The van der Waals surface area contributed by atoms with Crippen LogP contribution in [0, 0.1) is 35.1 Å². The van der Waals surface area contributed by atoms with E-state index in [1.165, 1.54) is 0 Å². The molecule has 0 spiro atoms. The van der Waals surface area contributed by atoms with Crippen molar-refractivity contribution < 1.29 is 27.2 Å². The molecule has 134 valence electrons. The molecular weight excluding hydrogens is 328 g/mol. The second kappa shape index (κ2) is 8.12. The van der Waals surface area contributed by atoms with Gasteiger partial charge in [0.1, 0.15) is 11.1 Å². The van der Waals surface area contributed by atoms with Crippen LogP contribution >= 0.6 is 0 Å². The minimum Gasteiger partial charge on any atom is -0.352 e. The summed E-state index contributed by atoms with van der Waals surface area (Å²) >= 11 is 0. The average molecular weight is 348 g/mol. The first-order valence-corrected chi connectivity index (χ1v) is 7.50. The SMILES string of the molecule is CC(C)CNC(=O)c1c(F)c(F)c(C(=O)NCC(C)C)c(F)c1F. The molecule has 1 aromatic rings. The maximum atomic E-state index is 14.0. The molecule has 0 aliphatic rings. The Balaban J connectivity index is 3.25. The van der Waals surface area contributed by atoms with E-state index in [0.29, 0.717) is 0 Å². The molecule has 0 unspecified atom stereocenters. The van der Waals surface area contributed by atoms with Crippen molar-refractivity contribution in [1.29, 1.82) is 0 Å². The van der Waals surface area contributed by atoms with Crippen LogP contribution in [0.2, 0.25) is 0 Å². The Morgan fingerprint density at radius 3 is 1.17 bits per heavy atom. The molecule has 8 heteroatoms. The zero-order valence-electron chi connectivity index (χ0n) is 13.9. The van der Waals surface area contributed by atoms with Crippen LogP contribution in [0.15, 0.2) is 0 Å². The Hall–Kier alpha value is -2.12. The van der Waals surface area contributed by atoms with Gasteiger partial charge in [0, 0.05) is 13.1 Å². The molecule has 1 aromatic carbocycles. The van der Waals surface area contributed by atoms with Gasteiger partial charge in [-0.15, -0.1) is 0 Å². The first-order valence-electron chi connectivity index (χ1n) is 7.50. The largest absolute Gasteiger partial charge is 0.352 e. The highest BCUT2D eigenvalue weighted by Crippen LogP contribution is 2.24. The van der Waals surface area contributed by atoms with Crippen molar-refractivity contribution in [2.45, 2.75) is 27.7 Å². The summed E-state index contributed by atoms with van der Waals surface area (Å²) in [6.45, 7) is 7.06. The standard InChI is InChI=1S/C16H20F4N2O2/c1-7(2)5-21-15(23)9-11(17)13(19)10(14(20)12(9)18)16(24)22-6-8(3)4/h7-8H,5-6H2,1-4H3,(H,21,23)(H,22,24). The summed E-state index contributed by atoms with van der Waals surface area (Å²) in [6, 6.07) is 0. The third-order valence-corrected chi connectivity index (χ3v) is 3.06. The van der Waals surface area contributed by atoms with E-state index in [0.717, 1.165) is 0 Å². The van der Waals surface area contributed by atoms with Gasteiger partial charge in [0.25, 0.3) is 11.8 Å². The molecule has 0 aromatic heterocycles. The van der Waals surface area contributed by atoms with E-state index in [-0.39, 0.29) is 24.9 Å². The molecule has 2 N–H and O–H groups in total. The van der Waals surface area contributed by atoms with Gasteiger partial charge in [0.05, 0.1) is 0 Å². The number of halogens is 4. The maximum Gasteiger partial charge on any atom is 0.257 e. The fraction of sp³-hybridized carbons (Fsp3) is 0.500. The van der Waals surface area contributed by atoms with Gasteiger partial charge in [-0.3, -0.25) is 9.59 Å². The smallest absolute Gasteiger partial charge is 0.257 e. The van der Waals surface area contributed by atoms with Crippen molar-refractivity contribution in [1.82, 2.24) is 10.6 Å². The van der Waals surface area contributed by atoms with Crippen LogP contribution < -0.4 is 10.6 Å². The lowest BCUT2D eigenvalue weighted by atomic mass is 10.1. The number of carbonyl (C=O) groups is 2. The zero-order chi connectivity index (χ0) is 18.6. The van der Waals surface area contributed by atoms with Crippen molar-refractivity contribution in [3.63, 3.8) is 0 Å². The molecule has 0 radical (unpaired) electrons. The second-order valence-corrected chi connectivity index (χ2v) is 6.21. The second-order valence-electron chi connectivity index (χ2n) is 6.21. The summed E-state index contributed by atoms with van der Waals surface area (Å²) in [5.41, 5.74) is -2.77. The van der Waals surface area contributed by atoms with Gasteiger partial charge in [-0.1, -0.05) is 27.7 Å². The monoisotopic (exact) mass is 348 g/mol. The van der Waals surface area contributed by atoms with Crippen molar-refractivity contribution in [2.24, 2.45) is 11.8 Å². The van der Waals surface area contributed by atoms with E-state index < -0.39 is 46.2 Å². The third kappa shape index (κ3) is 4.46. The van der Waals surface area contributed by atoms with Crippen LogP contribution in [0.5, 0.6) is 0 Å². The van der Waals surface area contributed by atoms with Gasteiger partial charge in [-0.05, 0) is 11.8 Å². The summed E-state index contributed by atoms with van der Waals surface area (Å²) < 4.78 is 56.1. The predicted molar refractivity (Wildman–Crippen MR) is 80.6 cm³/mol. The predicted octanol–water partition coefficient (Wildman–Crippen LogP) is 3.01. The molecule has 0 saturated heterocycles. The minimum absolute atomic E-state index is 0.0316. The highest BCUT2D eigenvalue weighted by molar-refractivity contribution is 5.98. The van der Waals surface area contributed by atoms with E-state index in [1.807, 2.05) is 0 Å². The van der Waals surface area contributed by atoms with Crippen LogP contribution in [-0.4, -0.2) is 24.9 Å². The molecule has 0 bridgehead atoms. The van der Waals surface area contributed by atoms with Gasteiger partial charge in [0.2, 0.25) is 0 Å². The number of nitrogens with one attached hydrogen (secondary N) is 2. The molecule has 0 fully saturated rings. The minimum atomic E-state index is -1.90. The van der Waals surface area contributed by atoms with E-state index in [9.17, 15) is 27.2 Å². The summed E-state index contributed by atoms with van der Waals surface area (Å²) in [7, 11) is 0. The number of carbonyl (C=O) groups excluding carboxylic acids is 2. The molecular formula is C16H20F4N2O2. The summed E-state index contributed by atoms with van der Waals surface area (Å²) in [5.74, 6) is -10.2. The Morgan fingerprint density at radius 2 is 0.958 bits per heavy atom. The van der Waals surface area contributed by atoms with Gasteiger partial charge in [-0.2, -0.15) is 0 Å². The number of hydrogen-bond acceptors (Lipinski definition) is 2. The molecule has 1 rings (SSSR count). The topological polar surface area (TPSA) is 58.2 Å². The Morgan fingerprint density at radius 1 is 0.708 bits per heavy atom. The number of rotatable bonds is 6. The van der Waals surface area contributed by atoms with Gasteiger partial charge in [0.15, 0.2) is 23.3 Å². The molecule has 0 atom stereocenters. The maximum absolute atomic E-state index is 14.0. The molecule has 24 heavy (non-hydrogen) atoms. The number of benzene rings is 1. The molecule has 4 nitrogen and oxygen atoms in total. The van der Waals surface area contributed by atoms with Crippen molar-refractivity contribution >= 4 is 11.8 Å². The molecule has 2 amide bonds. The summed E-state index contributed by atoms with van der Waals surface area (Å²) in [4.78, 5) is 23.5. The first kappa shape index (κ1) is 19.9. The summed E-state index contributed by atoms with van der Waals surface area (Å²) in [5, 5.41) is 4.34. The van der Waals surface area contributed by atoms with Crippen LogP contribution in [0.3, 0.4) is 0 Å². The Kier molecular flexibility index (Phi) is 6.74. The lowest BCUT2D eigenvalue weighted by Gasteiger charge is -2.13. The van der Waals surface area contributed by atoms with Crippen molar-refractivity contribution in [3.05, 3.63) is 34.4 Å². The fourth-order valence-corrected chi connectivity index (χ4v) is 1.80. The van der Waals surface area contributed by atoms with Crippen molar-refractivity contribution in [3.8, 4) is 0 Å². The first-order chi connectivity index (χ1) is 11.1. The lowest BCUT2D eigenvalue weighted by Crippen LogP contribution is -2.32. The van der Waals surface area contributed by atoms with Crippen LogP contribution in [0.4, 0.5) is 17.6 Å². The Bertz CT molecular complexity index is 561. The van der Waals surface area contributed by atoms with E-state index in [4.69, 9.17) is 0 Å². The fourth-order valence-electron chi connectivity index (χ4n) is 1.80. The van der Waals surface area contributed by atoms with Gasteiger partial charge < -0.3 is 10.6 Å². The van der Waals surface area contributed by atoms with Crippen LogP contribution in [0.25, 0.3) is 0 Å². The molecule has 0 aliphatic heterocycles. The molecule has 0 heterocycles. The lowest BCUT2D eigenvalue weighted by molar-refractivity contribution is 0.0918. The van der Waals surface area contributed by atoms with E-state index >= 15 is 0 Å². The molecule has 0 saturated carbocycles. The number of amides is 2. The van der Waals surface area contributed by atoms with Crippen molar-refractivity contribution in [2.75, 3.05) is 13.1 Å². The van der Waals surface area contributed by atoms with E-state index in [2.05, 4.69) is 10.6 Å². The van der Waals surface area contributed by atoms with Gasteiger partial charge in [-0.25, -0.2) is 17.6 Å². The average Bonchev–Trinajstić information content (AvgIpc) is 2.49. The normalized spacial score (nSPS) is 11.1. The highest BCUT2D eigenvalue weighted by Gasteiger charge is 2.32. The highest BCUT2D eigenvalue weighted by atomic mass is 19.2. The van der Waals surface area contributed by atoms with E-state index in [1.54, 1.807) is 27.7 Å². The van der Waals surface area contributed by atoms with Gasteiger partial charge >= 0.3 is 0 Å². The molecule has 0 aliphatic carbocycles. The van der Waals surface area contributed by atoms with Crippen LogP contribution in [-0.2, 0) is 0 Å². The third-order valence-electron chi connectivity index (χ3n) is 3.06. The zero-order valence-corrected chi connectivity index (χ0v) is 13.9.